The molecule has 1 N–H and O–H groups in total. The van der Waals surface area contributed by atoms with Crippen molar-refractivity contribution < 1.29 is 9.53 Å². The minimum Gasteiger partial charge on any atom is -0.349 e. The van der Waals surface area contributed by atoms with Gasteiger partial charge in [-0.05, 0) is 43.5 Å². The Labute approximate surface area is 180 Å². The number of hydrogen-bond acceptors (Lipinski definition) is 6. The summed E-state index contributed by atoms with van der Waals surface area (Å²) in [6.45, 7) is 3.04. The molecule has 6 nitrogen and oxygen atoms in total. The van der Waals surface area contributed by atoms with Crippen LogP contribution in [-0.4, -0.2) is 47.1 Å². The number of aliphatic imine (C=N–C) groups is 1. The molecule has 2 aromatic rings. The van der Waals surface area contributed by atoms with Crippen LogP contribution in [0.25, 0.3) is 0 Å². The van der Waals surface area contributed by atoms with Gasteiger partial charge in [-0.1, -0.05) is 24.3 Å². The van der Waals surface area contributed by atoms with Crippen LogP contribution in [0.15, 0.2) is 47.5 Å². The first-order valence-corrected chi connectivity index (χ1v) is 11.6. The normalized spacial score (nSPS) is 27.4. The highest BCUT2D eigenvalue weighted by Gasteiger charge is 2.51. The number of nitrogens with zero attached hydrogens (tertiary/aromatic N) is 3. The van der Waals surface area contributed by atoms with Crippen LogP contribution in [0.4, 0.5) is 11.4 Å². The summed E-state index contributed by atoms with van der Waals surface area (Å²) in [7, 11) is 0. The predicted molar refractivity (Wildman–Crippen MR) is 119 cm³/mol. The number of epoxide rings is 1. The van der Waals surface area contributed by atoms with Gasteiger partial charge in [0.15, 0.2) is 0 Å². The second-order valence-electron chi connectivity index (χ2n) is 8.34. The van der Waals surface area contributed by atoms with Crippen molar-refractivity contribution in [1.29, 1.82) is 0 Å². The molecular formula is C23H24N4O2S. The Bertz CT molecular complexity index is 1040. The van der Waals surface area contributed by atoms with Gasteiger partial charge in [0.05, 0.1) is 12.0 Å². The van der Waals surface area contributed by atoms with E-state index < -0.39 is 0 Å². The number of aryl methyl sites for hydroxylation is 1. The van der Waals surface area contributed by atoms with Crippen LogP contribution in [0.1, 0.15) is 40.5 Å². The summed E-state index contributed by atoms with van der Waals surface area (Å²) >= 11 is 1.89. The Morgan fingerprint density at radius 2 is 2.10 bits per heavy atom. The van der Waals surface area contributed by atoms with Crippen molar-refractivity contribution in [1.82, 2.24) is 10.2 Å². The molecule has 6 rings (SSSR count). The summed E-state index contributed by atoms with van der Waals surface area (Å²) in [6, 6.07) is 14.6. The van der Waals surface area contributed by atoms with Crippen molar-refractivity contribution in [2.75, 3.05) is 17.2 Å². The van der Waals surface area contributed by atoms with Crippen LogP contribution in [0.5, 0.6) is 0 Å². The van der Waals surface area contributed by atoms with E-state index in [9.17, 15) is 4.79 Å². The number of para-hydroxylation sites is 1. The first-order chi connectivity index (χ1) is 14.7. The topological polar surface area (TPSA) is 60.5 Å². The SMILES string of the molecule is Cc1ccc(C(=O)NC2CC2)cc1N1C=Nc2ccccc2C1N1CCSC2OC21. The van der Waals surface area contributed by atoms with E-state index in [-0.39, 0.29) is 23.7 Å². The fourth-order valence-electron chi connectivity index (χ4n) is 4.33. The monoisotopic (exact) mass is 420 g/mol. The van der Waals surface area contributed by atoms with E-state index in [1.165, 1.54) is 5.56 Å². The Morgan fingerprint density at radius 1 is 1.23 bits per heavy atom. The van der Waals surface area contributed by atoms with E-state index in [4.69, 9.17) is 9.73 Å². The highest BCUT2D eigenvalue weighted by molar-refractivity contribution is 8.00. The van der Waals surface area contributed by atoms with Gasteiger partial charge in [-0.2, -0.15) is 0 Å². The van der Waals surface area contributed by atoms with Crippen molar-refractivity contribution in [3.63, 3.8) is 0 Å². The minimum absolute atomic E-state index is 0.00427. The maximum atomic E-state index is 12.7. The highest BCUT2D eigenvalue weighted by Crippen LogP contribution is 2.47. The Balaban J connectivity index is 1.40. The summed E-state index contributed by atoms with van der Waals surface area (Å²) in [5, 5.41) is 3.10. The number of benzene rings is 2. The van der Waals surface area contributed by atoms with Gasteiger partial charge < -0.3 is 15.0 Å². The zero-order chi connectivity index (χ0) is 20.2. The van der Waals surface area contributed by atoms with Gasteiger partial charge in [0.2, 0.25) is 0 Å². The highest BCUT2D eigenvalue weighted by atomic mass is 32.2. The molecule has 7 heteroatoms. The number of thioether (sulfide) groups is 1. The molecule has 3 unspecified atom stereocenters. The third-order valence-electron chi connectivity index (χ3n) is 6.16. The lowest BCUT2D eigenvalue weighted by atomic mass is 10.0. The first-order valence-electron chi connectivity index (χ1n) is 10.5. The lowest BCUT2D eigenvalue weighted by Crippen LogP contribution is -2.47. The second kappa shape index (κ2) is 7.11. The smallest absolute Gasteiger partial charge is 0.251 e. The van der Waals surface area contributed by atoms with Gasteiger partial charge in [0, 0.05) is 35.2 Å². The number of fused-ring (bicyclic) bond motifs is 2. The van der Waals surface area contributed by atoms with Crippen LogP contribution < -0.4 is 10.2 Å². The summed E-state index contributed by atoms with van der Waals surface area (Å²) < 4.78 is 5.94. The maximum absolute atomic E-state index is 12.7. The zero-order valence-corrected chi connectivity index (χ0v) is 17.6. The average Bonchev–Trinajstić information content (AvgIpc) is 3.68. The first kappa shape index (κ1) is 18.4. The second-order valence-corrected chi connectivity index (χ2v) is 9.54. The number of hydrogen-bond donors (Lipinski definition) is 1. The Kier molecular flexibility index (Phi) is 4.37. The van der Waals surface area contributed by atoms with Crippen molar-refractivity contribution in [3.8, 4) is 0 Å². The molecule has 3 fully saturated rings. The molecule has 3 aliphatic heterocycles. The standard InChI is InChI=1S/C23H24N4O2S/c1-14-6-7-15(20(28)25-16-8-9-16)12-19(14)27-13-24-18-5-3-2-4-17(18)21(27)26-10-11-30-23-22(26)29-23/h2-7,12-13,16,21-23H,8-11H2,1H3,(H,25,28). The van der Waals surface area contributed by atoms with E-state index >= 15 is 0 Å². The number of rotatable bonds is 4. The van der Waals surface area contributed by atoms with Gasteiger partial charge in [-0.25, -0.2) is 9.89 Å². The number of amides is 1. The van der Waals surface area contributed by atoms with Gasteiger partial charge in [0.25, 0.3) is 5.91 Å². The van der Waals surface area contributed by atoms with Crippen molar-refractivity contribution >= 4 is 35.4 Å². The number of ether oxygens (including phenoxy) is 1. The lowest BCUT2D eigenvalue weighted by molar-refractivity contribution is 0.0951. The van der Waals surface area contributed by atoms with Gasteiger partial charge in [-0.3, -0.25) is 4.79 Å². The number of carbonyl (C=O) groups is 1. The molecular weight excluding hydrogens is 396 g/mol. The molecule has 0 radical (unpaired) electrons. The molecule has 0 bridgehead atoms. The number of anilines is 1. The molecule has 1 amide bonds. The average molecular weight is 421 g/mol. The van der Waals surface area contributed by atoms with Gasteiger partial charge in [-0.15, -0.1) is 11.8 Å². The summed E-state index contributed by atoms with van der Waals surface area (Å²) in [6.07, 6.45) is 4.21. The van der Waals surface area contributed by atoms with Crippen molar-refractivity contribution in [3.05, 3.63) is 59.2 Å². The van der Waals surface area contributed by atoms with Crippen molar-refractivity contribution in [2.45, 2.75) is 43.6 Å². The fourth-order valence-corrected chi connectivity index (χ4v) is 5.39. The van der Waals surface area contributed by atoms with Crippen LogP contribution in [0.3, 0.4) is 0 Å². The predicted octanol–water partition coefficient (Wildman–Crippen LogP) is 3.80. The van der Waals surface area contributed by atoms with Crippen LogP contribution in [-0.2, 0) is 4.74 Å². The number of nitrogens with one attached hydrogen (secondary N) is 1. The van der Waals surface area contributed by atoms with E-state index in [2.05, 4.69) is 40.2 Å². The molecule has 1 saturated carbocycles. The summed E-state index contributed by atoms with van der Waals surface area (Å²) in [4.78, 5) is 22.1. The molecule has 3 heterocycles. The summed E-state index contributed by atoms with van der Waals surface area (Å²) in [5.74, 6) is 1.05. The molecule has 154 valence electrons. The third-order valence-corrected chi connectivity index (χ3v) is 7.25. The number of carbonyl (C=O) groups excluding carboxylic acids is 1. The van der Waals surface area contributed by atoms with E-state index in [0.717, 1.165) is 42.1 Å². The maximum Gasteiger partial charge on any atom is 0.251 e. The lowest BCUT2D eigenvalue weighted by Gasteiger charge is -2.42. The molecule has 0 aromatic heterocycles. The van der Waals surface area contributed by atoms with E-state index in [1.807, 2.05) is 42.4 Å². The van der Waals surface area contributed by atoms with Crippen LogP contribution in [0.2, 0.25) is 0 Å². The Morgan fingerprint density at radius 3 is 2.97 bits per heavy atom. The molecule has 0 spiro atoms. The zero-order valence-electron chi connectivity index (χ0n) is 16.8. The Hall–Kier alpha value is -2.35. The molecule has 2 aromatic carbocycles. The quantitative estimate of drug-likeness (QED) is 0.763. The largest absolute Gasteiger partial charge is 0.349 e. The van der Waals surface area contributed by atoms with Crippen LogP contribution >= 0.6 is 11.8 Å². The fraction of sp³-hybridized carbons (Fsp3) is 0.391. The third kappa shape index (κ3) is 3.21. The van der Waals surface area contributed by atoms with E-state index in [1.54, 1.807) is 0 Å². The minimum atomic E-state index is -0.00459. The molecule has 1 aliphatic carbocycles. The molecule has 2 saturated heterocycles. The molecule has 3 atom stereocenters. The summed E-state index contributed by atoms with van der Waals surface area (Å²) in [5.41, 5.74) is 5.26. The van der Waals surface area contributed by atoms with Gasteiger partial charge in [0.1, 0.15) is 17.8 Å². The van der Waals surface area contributed by atoms with Crippen molar-refractivity contribution in [2.24, 2.45) is 4.99 Å². The van der Waals surface area contributed by atoms with Crippen LogP contribution in [0, 0.1) is 6.92 Å². The molecule has 30 heavy (non-hydrogen) atoms. The van der Waals surface area contributed by atoms with E-state index in [0.29, 0.717) is 11.6 Å². The van der Waals surface area contributed by atoms with Gasteiger partial charge >= 0.3 is 0 Å². The molecule has 4 aliphatic rings.